The summed E-state index contributed by atoms with van der Waals surface area (Å²) >= 11 is 0. The number of hydrogen-bond acceptors (Lipinski definition) is 4. The average molecular weight is 365 g/mol. The Hall–Kier alpha value is -1.32. The monoisotopic (exact) mass is 364 g/mol. The van der Waals surface area contributed by atoms with Crippen molar-refractivity contribution in [3.8, 4) is 0 Å². The van der Waals surface area contributed by atoms with E-state index in [4.69, 9.17) is 9.47 Å². The zero-order valence-electron chi connectivity index (χ0n) is 16.6. The predicted octanol–water partition coefficient (Wildman–Crippen LogP) is 5.35. The van der Waals surface area contributed by atoms with Crippen LogP contribution in [-0.4, -0.2) is 24.1 Å². The Labute approximate surface area is 158 Å². The molecule has 0 unspecified atom stereocenters. The van der Waals surface area contributed by atoms with Crippen molar-refractivity contribution in [3.05, 3.63) is 12.7 Å². The fourth-order valence-electron chi connectivity index (χ4n) is 4.34. The summed E-state index contributed by atoms with van der Waals surface area (Å²) in [6.45, 7) is 7.85. The van der Waals surface area contributed by atoms with E-state index >= 15 is 0 Å². The molecule has 2 rings (SSSR count). The summed E-state index contributed by atoms with van der Waals surface area (Å²) < 4.78 is 11.7. The summed E-state index contributed by atoms with van der Waals surface area (Å²) in [4.78, 5) is 26.3. The highest BCUT2D eigenvalue weighted by Gasteiger charge is 2.49. The molecule has 0 spiro atoms. The molecule has 2 saturated carbocycles. The summed E-state index contributed by atoms with van der Waals surface area (Å²) in [5.41, 5.74) is -1.25. The number of allylic oxidation sites excluding steroid dienone is 1. The minimum absolute atomic E-state index is 0.0601. The minimum Gasteiger partial charge on any atom is -0.462 e. The van der Waals surface area contributed by atoms with E-state index < -0.39 is 17.4 Å². The first kappa shape index (κ1) is 21.0. The van der Waals surface area contributed by atoms with Crippen LogP contribution in [0.15, 0.2) is 12.7 Å². The van der Waals surface area contributed by atoms with Gasteiger partial charge in [-0.3, -0.25) is 9.59 Å². The molecule has 2 aliphatic rings. The number of carbonyl (C=O) groups excluding carboxylic acids is 2. The van der Waals surface area contributed by atoms with Crippen LogP contribution in [0.3, 0.4) is 0 Å². The lowest BCUT2D eigenvalue weighted by Gasteiger charge is -2.34. The van der Waals surface area contributed by atoms with Gasteiger partial charge in [0.05, 0.1) is 0 Å². The van der Waals surface area contributed by atoms with Gasteiger partial charge in [-0.1, -0.05) is 32.8 Å². The van der Waals surface area contributed by atoms with Gasteiger partial charge >= 0.3 is 11.9 Å². The third-order valence-corrected chi connectivity index (χ3v) is 5.68. The zero-order valence-corrected chi connectivity index (χ0v) is 16.6. The molecule has 0 radical (unpaired) electrons. The van der Waals surface area contributed by atoms with Gasteiger partial charge in [-0.25, -0.2) is 0 Å². The average Bonchev–Trinajstić information content (AvgIpc) is 2.62. The number of hydrogen-bond donors (Lipinski definition) is 0. The molecule has 0 aromatic rings. The third kappa shape index (κ3) is 5.59. The zero-order chi connectivity index (χ0) is 19.0. The van der Waals surface area contributed by atoms with Gasteiger partial charge in [0.1, 0.15) is 12.2 Å². The van der Waals surface area contributed by atoms with Crippen LogP contribution >= 0.6 is 0 Å². The highest BCUT2D eigenvalue weighted by atomic mass is 16.6. The summed E-state index contributed by atoms with van der Waals surface area (Å²) in [5.74, 6) is -0.620. The second kappa shape index (κ2) is 10.1. The van der Waals surface area contributed by atoms with Crippen molar-refractivity contribution in [2.24, 2.45) is 11.3 Å². The summed E-state index contributed by atoms with van der Waals surface area (Å²) in [7, 11) is 0. The molecule has 0 amide bonds. The summed E-state index contributed by atoms with van der Waals surface area (Å²) in [6, 6.07) is 0. The van der Waals surface area contributed by atoms with Crippen molar-refractivity contribution in [1.29, 1.82) is 0 Å². The van der Waals surface area contributed by atoms with Crippen LogP contribution in [0.2, 0.25) is 0 Å². The first-order chi connectivity index (χ1) is 12.5. The Balaban J connectivity index is 2.15. The second-order valence-corrected chi connectivity index (χ2v) is 8.50. The molecule has 2 aliphatic carbocycles. The van der Waals surface area contributed by atoms with Crippen molar-refractivity contribution in [2.45, 2.75) is 103 Å². The largest absolute Gasteiger partial charge is 0.462 e. The van der Waals surface area contributed by atoms with Gasteiger partial charge in [0.2, 0.25) is 0 Å². The third-order valence-electron chi connectivity index (χ3n) is 5.68. The molecule has 0 aromatic heterocycles. The van der Waals surface area contributed by atoms with E-state index in [-0.39, 0.29) is 24.5 Å². The Bertz CT molecular complexity index is 439. The van der Waals surface area contributed by atoms with E-state index in [2.05, 4.69) is 6.58 Å². The number of esters is 2. The minimum atomic E-state index is -1.25. The second-order valence-electron chi connectivity index (χ2n) is 8.50. The molecule has 0 atom stereocenters. The van der Waals surface area contributed by atoms with Crippen molar-refractivity contribution >= 4 is 11.9 Å². The van der Waals surface area contributed by atoms with Gasteiger partial charge in [-0.2, -0.15) is 0 Å². The van der Waals surface area contributed by atoms with Gasteiger partial charge < -0.3 is 9.47 Å². The van der Waals surface area contributed by atoms with Gasteiger partial charge in [0, 0.05) is 0 Å². The standard InChI is InChI=1S/C22H36O4/c1-4-15-22(16-17(2)3,20(23)25-18-11-7-5-8-12-18)21(24)26-19-13-9-6-10-14-19/h4,17-19H,1,5-16H2,2-3H3. The molecular weight excluding hydrogens is 328 g/mol. The van der Waals surface area contributed by atoms with Crippen LogP contribution in [-0.2, 0) is 19.1 Å². The number of rotatable bonds is 8. The molecule has 0 aliphatic heterocycles. The maximum atomic E-state index is 13.2. The van der Waals surface area contributed by atoms with Gasteiger partial charge in [-0.05, 0) is 70.1 Å². The van der Waals surface area contributed by atoms with Gasteiger partial charge in [-0.15, -0.1) is 6.58 Å². The quantitative estimate of drug-likeness (QED) is 0.331. The molecule has 0 aromatic carbocycles. The first-order valence-corrected chi connectivity index (χ1v) is 10.5. The van der Waals surface area contributed by atoms with Crippen LogP contribution in [0.25, 0.3) is 0 Å². The van der Waals surface area contributed by atoms with E-state index in [1.54, 1.807) is 6.08 Å². The van der Waals surface area contributed by atoms with E-state index in [0.717, 1.165) is 51.4 Å². The number of carbonyl (C=O) groups is 2. The van der Waals surface area contributed by atoms with Crippen LogP contribution < -0.4 is 0 Å². The molecule has 0 N–H and O–H groups in total. The fraction of sp³-hybridized carbons (Fsp3) is 0.818. The SMILES string of the molecule is C=CCC(CC(C)C)(C(=O)OC1CCCCC1)C(=O)OC1CCCCC1. The maximum Gasteiger partial charge on any atom is 0.324 e. The van der Waals surface area contributed by atoms with E-state index in [1.165, 1.54) is 12.8 Å². The Morgan fingerprint density at radius 3 is 1.69 bits per heavy atom. The molecule has 4 heteroatoms. The highest BCUT2D eigenvalue weighted by molar-refractivity contribution is 6.00. The topological polar surface area (TPSA) is 52.6 Å². The van der Waals surface area contributed by atoms with Crippen LogP contribution in [0, 0.1) is 11.3 Å². The molecule has 0 saturated heterocycles. The lowest BCUT2D eigenvalue weighted by atomic mass is 9.77. The molecule has 0 bridgehead atoms. The van der Waals surface area contributed by atoms with E-state index in [0.29, 0.717) is 6.42 Å². The number of ether oxygens (including phenoxy) is 2. The summed E-state index contributed by atoms with van der Waals surface area (Å²) in [6.07, 6.45) is 12.6. The smallest absolute Gasteiger partial charge is 0.324 e. The molecule has 2 fully saturated rings. The Kier molecular flexibility index (Phi) is 8.17. The molecule has 4 nitrogen and oxygen atoms in total. The van der Waals surface area contributed by atoms with Crippen LogP contribution in [0.1, 0.15) is 90.9 Å². The van der Waals surface area contributed by atoms with Crippen molar-refractivity contribution < 1.29 is 19.1 Å². The van der Waals surface area contributed by atoms with Crippen molar-refractivity contribution in [3.63, 3.8) is 0 Å². The first-order valence-electron chi connectivity index (χ1n) is 10.5. The Morgan fingerprint density at radius 2 is 1.35 bits per heavy atom. The van der Waals surface area contributed by atoms with Crippen molar-refractivity contribution in [1.82, 2.24) is 0 Å². The van der Waals surface area contributed by atoms with Crippen molar-refractivity contribution in [2.75, 3.05) is 0 Å². The molecule has 0 heterocycles. The fourth-order valence-corrected chi connectivity index (χ4v) is 4.34. The van der Waals surface area contributed by atoms with E-state index in [9.17, 15) is 9.59 Å². The lowest BCUT2D eigenvalue weighted by molar-refractivity contribution is -0.181. The maximum absolute atomic E-state index is 13.2. The Morgan fingerprint density at radius 1 is 0.923 bits per heavy atom. The highest BCUT2D eigenvalue weighted by Crippen LogP contribution is 2.37. The van der Waals surface area contributed by atoms with E-state index in [1.807, 2.05) is 13.8 Å². The van der Waals surface area contributed by atoms with Gasteiger partial charge in [0.25, 0.3) is 0 Å². The molecule has 26 heavy (non-hydrogen) atoms. The predicted molar refractivity (Wildman–Crippen MR) is 103 cm³/mol. The normalized spacial score (nSPS) is 20.0. The van der Waals surface area contributed by atoms with Crippen LogP contribution in [0.5, 0.6) is 0 Å². The molecule has 148 valence electrons. The summed E-state index contributed by atoms with van der Waals surface area (Å²) in [5, 5.41) is 0. The lowest BCUT2D eigenvalue weighted by Crippen LogP contribution is -2.45. The van der Waals surface area contributed by atoms with Crippen LogP contribution in [0.4, 0.5) is 0 Å². The molecular formula is C22H36O4. The van der Waals surface area contributed by atoms with Gasteiger partial charge in [0.15, 0.2) is 5.41 Å².